The summed E-state index contributed by atoms with van der Waals surface area (Å²) in [4.78, 5) is 0. The van der Waals surface area contributed by atoms with Crippen LogP contribution in [0.2, 0.25) is 0 Å². The molecule has 0 aromatic rings. The van der Waals surface area contributed by atoms with Crippen LogP contribution >= 0.6 is 0 Å². The summed E-state index contributed by atoms with van der Waals surface area (Å²) in [5, 5.41) is 0. The van der Waals surface area contributed by atoms with Crippen LogP contribution in [-0.2, 0) is 10.1 Å². The summed E-state index contributed by atoms with van der Waals surface area (Å²) in [6, 6.07) is 0. The Morgan fingerprint density at radius 3 is 1.55 bits per heavy atom. The van der Waals surface area contributed by atoms with Crippen LogP contribution in [0.25, 0.3) is 0 Å². The third-order valence-electron chi connectivity index (χ3n) is 0.462. The van der Waals surface area contributed by atoms with Crippen molar-refractivity contribution in [3.05, 3.63) is 0 Å². The molecule has 0 aliphatic carbocycles. The molecule has 0 aliphatic rings. The summed E-state index contributed by atoms with van der Waals surface area (Å²) in [5.74, 6) is -0.132. The van der Waals surface area contributed by atoms with Crippen molar-refractivity contribution in [2.75, 3.05) is 5.75 Å². The molecule has 0 aromatic heterocycles. The van der Waals surface area contributed by atoms with Gasteiger partial charge < -0.3 is 16.4 Å². The molecule has 0 fully saturated rings. The Kier molecular flexibility index (Phi) is 37.1. The van der Waals surface area contributed by atoms with Crippen molar-refractivity contribution in [2.24, 2.45) is 0 Å². The van der Waals surface area contributed by atoms with Crippen molar-refractivity contribution in [3.63, 3.8) is 0 Å². The van der Waals surface area contributed by atoms with Gasteiger partial charge in [0.25, 0.3) is 10.1 Å². The predicted octanol–water partition coefficient (Wildman–Crippen LogP) is -1.27. The maximum absolute atomic E-state index is 9.79. The van der Waals surface area contributed by atoms with Crippen molar-refractivity contribution < 1.29 is 29.4 Å². The molecule has 0 spiro atoms. The minimum atomic E-state index is -3.67. The average Bonchev–Trinajstić information content (AvgIpc) is 1.30. The summed E-state index contributed by atoms with van der Waals surface area (Å²) >= 11 is 0. The van der Waals surface area contributed by atoms with Gasteiger partial charge in [-0.25, -0.2) is 0 Å². The zero-order chi connectivity index (χ0) is 5.91. The van der Waals surface area contributed by atoms with Crippen LogP contribution in [-0.4, -0.2) is 80.6 Å². The SMILES string of the molecule is CCCS(=O)(=O)O.O.[OH-].[OH-].[Sr+2]. The molecule has 0 saturated carbocycles. The summed E-state index contributed by atoms with van der Waals surface area (Å²) in [5.41, 5.74) is 0. The van der Waals surface area contributed by atoms with E-state index in [-0.39, 0.29) is 67.7 Å². The van der Waals surface area contributed by atoms with Gasteiger partial charge in [-0.15, -0.1) is 0 Å². The second kappa shape index (κ2) is 13.8. The van der Waals surface area contributed by atoms with Gasteiger partial charge >= 0.3 is 45.5 Å². The standard InChI is InChI=1S/C3H8O3S.3H2O.Sr/c1-2-3-7(4,5)6;;;;/h2-3H2,1H3,(H,4,5,6);3*1H2;/q;;;;+2/p-2. The van der Waals surface area contributed by atoms with Crippen LogP contribution in [0.4, 0.5) is 0 Å². The molecule has 0 amide bonds. The van der Waals surface area contributed by atoms with E-state index >= 15 is 0 Å². The van der Waals surface area contributed by atoms with Crippen LogP contribution in [0.5, 0.6) is 0 Å². The van der Waals surface area contributed by atoms with Gasteiger partial charge in [0, 0.05) is 0 Å². The van der Waals surface area contributed by atoms with E-state index in [2.05, 4.69) is 0 Å². The fourth-order valence-electron chi connectivity index (χ4n) is 0.258. The number of rotatable bonds is 2. The molecule has 8 heteroatoms. The Bertz CT molecular complexity index is 131. The average molecular weight is 264 g/mol. The van der Waals surface area contributed by atoms with Gasteiger partial charge in [-0.3, -0.25) is 4.55 Å². The van der Waals surface area contributed by atoms with E-state index in [1.165, 1.54) is 0 Å². The monoisotopic (exact) mass is 264 g/mol. The molecular formula is C3H12O6SSr. The van der Waals surface area contributed by atoms with Crippen molar-refractivity contribution in [1.82, 2.24) is 0 Å². The number of hydrogen-bond donors (Lipinski definition) is 1. The molecular weight excluding hydrogens is 252 g/mol. The molecule has 0 rings (SSSR count). The zero-order valence-electron chi connectivity index (χ0n) is 6.19. The van der Waals surface area contributed by atoms with E-state index in [4.69, 9.17) is 4.55 Å². The largest absolute Gasteiger partial charge is 2.00 e. The number of hydrogen-bond acceptors (Lipinski definition) is 4. The first-order valence-electron chi connectivity index (χ1n) is 2.01. The molecule has 0 atom stereocenters. The van der Waals surface area contributed by atoms with Crippen molar-refractivity contribution in [2.45, 2.75) is 13.3 Å². The Morgan fingerprint density at radius 1 is 1.27 bits per heavy atom. The molecule has 0 radical (unpaired) electrons. The second-order valence-electron chi connectivity index (χ2n) is 1.29. The Labute approximate surface area is 103 Å². The van der Waals surface area contributed by atoms with Crippen molar-refractivity contribution in [1.29, 1.82) is 0 Å². The predicted molar refractivity (Wildman–Crippen MR) is 39.9 cm³/mol. The molecule has 0 aliphatic heterocycles. The van der Waals surface area contributed by atoms with Crippen molar-refractivity contribution in [3.8, 4) is 0 Å². The topological polar surface area (TPSA) is 146 Å². The normalized spacial score (nSPS) is 7.45. The molecule has 0 bridgehead atoms. The molecule has 6 nitrogen and oxygen atoms in total. The quantitative estimate of drug-likeness (QED) is 0.487. The minimum absolute atomic E-state index is 0. The fraction of sp³-hybridized carbons (Fsp3) is 1.00. The molecule has 68 valence electrons. The maximum Gasteiger partial charge on any atom is 2.00 e. The second-order valence-corrected chi connectivity index (χ2v) is 2.86. The molecule has 0 heterocycles. The molecule has 0 aromatic carbocycles. The Morgan fingerprint density at radius 2 is 1.55 bits per heavy atom. The summed E-state index contributed by atoms with van der Waals surface area (Å²) in [7, 11) is -3.67. The first-order chi connectivity index (χ1) is 3.06. The Hall–Kier alpha value is 1.27. The van der Waals surface area contributed by atoms with Gasteiger partial charge in [0.2, 0.25) is 0 Å². The van der Waals surface area contributed by atoms with Gasteiger partial charge in [-0.2, -0.15) is 8.42 Å². The summed E-state index contributed by atoms with van der Waals surface area (Å²) in [6.07, 6.45) is 0.471. The first kappa shape index (κ1) is 29.5. The van der Waals surface area contributed by atoms with Crippen LogP contribution in [0.15, 0.2) is 0 Å². The van der Waals surface area contributed by atoms with E-state index < -0.39 is 10.1 Å². The third kappa shape index (κ3) is 34.9. The van der Waals surface area contributed by atoms with E-state index in [9.17, 15) is 8.42 Å². The summed E-state index contributed by atoms with van der Waals surface area (Å²) in [6.45, 7) is 1.69. The molecule has 0 unspecified atom stereocenters. The van der Waals surface area contributed by atoms with Gasteiger partial charge in [0.05, 0.1) is 5.75 Å². The smallest absolute Gasteiger partial charge is 0.870 e. The molecule has 0 saturated heterocycles. The van der Waals surface area contributed by atoms with Gasteiger partial charge in [-0.05, 0) is 6.42 Å². The van der Waals surface area contributed by atoms with Crippen LogP contribution < -0.4 is 0 Å². The minimum Gasteiger partial charge on any atom is -0.870 e. The first-order valence-corrected chi connectivity index (χ1v) is 3.62. The zero-order valence-corrected chi connectivity index (χ0v) is 10.5. The van der Waals surface area contributed by atoms with Gasteiger partial charge in [0.15, 0.2) is 0 Å². The fourth-order valence-corrected chi connectivity index (χ4v) is 0.774. The van der Waals surface area contributed by atoms with Crippen molar-refractivity contribution >= 4 is 55.6 Å². The van der Waals surface area contributed by atoms with E-state index in [1.54, 1.807) is 6.92 Å². The van der Waals surface area contributed by atoms with Gasteiger partial charge in [-0.1, -0.05) is 6.92 Å². The van der Waals surface area contributed by atoms with E-state index in [0.29, 0.717) is 6.42 Å². The van der Waals surface area contributed by atoms with E-state index in [0.717, 1.165) is 0 Å². The maximum atomic E-state index is 9.79. The Balaban J connectivity index is -0.0000000300. The third-order valence-corrected chi connectivity index (χ3v) is 1.39. The van der Waals surface area contributed by atoms with Crippen LogP contribution in [0, 0.1) is 0 Å². The molecule has 5 N–H and O–H groups in total. The van der Waals surface area contributed by atoms with Gasteiger partial charge in [0.1, 0.15) is 0 Å². The summed E-state index contributed by atoms with van der Waals surface area (Å²) < 4.78 is 27.6. The van der Waals surface area contributed by atoms with Crippen LogP contribution in [0.1, 0.15) is 13.3 Å². The molecule has 11 heavy (non-hydrogen) atoms. The van der Waals surface area contributed by atoms with E-state index in [1.807, 2.05) is 0 Å². The van der Waals surface area contributed by atoms with Crippen LogP contribution in [0.3, 0.4) is 0 Å².